The van der Waals surface area contributed by atoms with Gasteiger partial charge in [-0.2, -0.15) is 5.10 Å². The lowest BCUT2D eigenvalue weighted by atomic mass is 10.1. The molecule has 114 valence electrons. The van der Waals surface area contributed by atoms with E-state index in [2.05, 4.69) is 36.9 Å². The lowest BCUT2D eigenvalue weighted by Crippen LogP contribution is -2.25. The van der Waals surface area contributed by atoms with E-state index < -0.39 is 0 Å². The molecule has 0 atom stereocenters. The fraction of sp³-hybridized carbons (Fsp3) is 0.500. The maximum atomic E-state index is 5.33. The van der Waals surface area contributed by atoms with Crippen LogP contribution in [0.4, 0.5) is 0 Å². The second kappa shape index (κ2) is 6.16. The fourth-order valence-corrected chi connectivity index (χ4v) is 2.29. The van der Waals surface area contributed by atoms with E-state index in [1.807, 2.05) is 16.8 Å². The zero-order valence-corrected chi connectivity index (χ0v) is 13.4. The minimum absolute atomic E-state index is 0.0522. The van der Waals surface area contributed by atoms with Crippen molar-refractivity contribution in [1.29, 1.82) is 0 Å². The van der Waals surface area contributed by atoms with E-state index in [1.165, 1.54) is 5.56 Å². The molecule has 2 rings (SSSR count). The molecule has 21 heavy (non-hydrogen) atoms. The molecule has 1 aromatic carbocycles. The summed E-state index contributed by atoms with van der Waals surface area (Å²) in [5.74, 6) is 2.50. The van der Waals surface area contributed by atoms with E-state index in [9.17, 15) is 0 Å². The molecule has 1 aromatic heterocycles. The Labute approximate surface area is 125 Å². The van der Waals surface area contributed by atoms with Crippen LogP contribution in [0, 0.1) is 0 Å². The Bertz CT molecular complexity index is 600. The molecule has 1 heterocycles. The van der Waals surface area contributed by atoms with E-state index in [0.717, 1.165) is 30.2 Å². The van der Waals surface area contributed by atoms with Crippen LogP contribution in [0.5, 0.6) is 11.5 Å². The molecule has 0 unspecified atom stereocenters. The third-order valence-corrected chi connectivity index (χ3v) is 3.34. The van der Waals surface area contributed by atoms with Crippen LogP contribution in [0.3, 0.4) is 0 Å². The molecule has 0 spiro atoms. The first-order valence-electron chi connectivity index (χ1n) is 7.06. The van der Waals surface area contributed by atoms with Crippen LogP contribution < -0.4 is 9.47 Å². The second-order valence-electron chi connectivity index (χ2n) is 5.95. The molecule has 0 saturated heterocycles. The molecule has 2 aromatic rings. The average Bonchev–Trinajstić information content (AvgIpc) is 2.93. The molecular weight excluding hydrogens is 266 g/mol. The van der Waals surface area contributed by atoms with E-state index in [0.29, 0.717) is 0 Å². The van der Waals surface area contributed by atoms with Gasteiger partial charge in [-0.15, -0.1) is 0 Å². The largest absolute Gasteiger partial charge is 0.493 e. The Hall–Kier alpha value is -2.04. The summed E-state index contributed by atoms with van der Waals surface area (Å²) in [4.78, 5) is 4.37. The molecule has 0 aliphatic heterocycles. The Morgan fingerprint density at radius 3 is 2.38 bits per heavy atom. The fourth-order valence-electron chi connectivity index (χ4n) is 2.29. The summed E-state index contributed by atoms with van der Waals surface area (Å²) in [7, 11) is 3.29. The zero-order chi connectivity index (χ0) is 15.5. The quantitative estimate of drug-likeness (QED) is 0.849. The highest BCUT2D eigenvalue weighted by Crippen LogP contribution is 2.28. The molecule has 0 amide bonds. The molecule has 0 aliphatic rings. The van der Waals surface area contributed by atoms with Crippen LogP contribution in [0.2, 0.25) is 0 Å². The van der Waals surface area contributed by atoms with Crippen LogP contribution in [0.25, 0.3) is 0 Å². The normalized spacial score (nSPS) is 11.5. The van der Waals surface area contributed by atoms with Crippen LogP contribution in [-0.2, 0) is 18.4 Å². The Morgan fingerprint density at radius 1 is 1.05 bits per heavy atom. The molecule has 5 heteroatoms. The van der Waals surface area contributed by atoms with Crippen molar-refractivity contribution >= 4 is 0 Å². The van der Waals surface area contributed by atoms with Crippen molar-refractivity contribution in [3.8, 4) is 11.5 Å². The van der Waals surface area contributed by atoms with Gasteiger partial charge in [-0.1, -0.05) is 6.07 Å². The van der Waals surface area contributed by atoms with Crippen molar-refractivity contribution in [1.82, 2.24) is 14.8 Å². The summed E-state index contributed by atoms with van der Waals surface area (Å²) >= 11 is 0. The molecule has 0 N–H and O–H groups in total. The number of ether oxygens (including phenoxy) is 2. The van der Waals surface area contributed by atoms with E-state index in [-0.39, 0.29) is 5.54 Å². The molecular formula is C16H23N3O2. The minimum Gasteiger partial charge on any atom is -0.493 e. The van der Waals surface area contributed by atoms with Gasteiger partial charge in [0.05, 0.1) is 19.8 Å². The van der Waals surface area contributed by atoms with Crippen LogP contribution in [0.1, 0.15) is 32.2 Å². The molecule has 0 aliphatic carbocycles. The van der Waals surface area contributed by atoms with Crippen molar-refractivity contribution in [3.05, 3.63) is 35.9 Å². The standard InChI is InChI=1S/C16H23N3O2/c1-16(2,3)19-15(17-11-18-19)9-7-12-6-8-13(20-4)14(10-12)21-5/h6,8,10-11H,7,9H2,1-5H3. The maximum absolute atomic E-state index is 5.33. The lowest BCUT2D eigenvalue weighted by Gasteiger charge is -2.21. The van der Waals surface area contributed by atoms with E-state index in [4.69, 9.17) is 9.47 Å². The number of benzene rings is 1. The topological polar surface area (TPSA) is 49.2 Å². The van der Waals surface area contributed by atoms with Crippen molar-refractivity contribution in [2.45, 2.75) is 39.2 Å². The van der Waals surface area contributed by atoms with E-state index >= 15 is 0 Å². The number of nitrogens with zero attached hydrogens (tertiary/aromatic N) is 3. The first kappa shape index (κ1) is 15.4. The van der Waals surface area contributed by atoms with Crippen LogP contribution >= 0.6 is 0 Å². The predicted molar refractivity (Wildman–Crippen MR) is 82.0 cm³/mol. The van der Waals surface area contributed by atoms with Crippen molar-refractivity contribution in [3.63, 3.8) is 0 Å². The second-order valence-corrected chi connectivity index (χ2v) is 5.95. The number of hydrogen-bond donors (Lipinski definition) is 0. The average molecular weight is 289 g/mol. The highest BCUT2D eigenvalue weighted by molar-refractivity contribution is 5.43. The zero-order valence-electron chi connectivity index (χ0n) is 13.4. The number of methoxy groups -OCH3 is 2. The number of rotatable bonds is 5. The summed E-state index contributed by atoms with van der Waals surface area (Å²) in [6.07, 6.45) is 3.34. The predicted octanol–water partition coefficient (Wildman–Crippen LogP) is 2.84. The third kappa shape index (κ3) is 3.54. The summed E-state index contributed by atoms with van der Waals surface area (Å²) in [6, 6.07) is 6.00. The van der Waals surface area contributed by atoms with Gasteiger partial charge in [0.2, 0.25) is 0 Å². The van der Waals surface area contributed by atoms with Crippen LogP contribution in [-0.4, -0.2) is 29.0 Å². The van der Waals surface area contributed by atoms with Gasteiger partial charge < -0.3 is 9.47 Å². The molecule has 5 nitrogen and oxygen atoms in total. The SMILES string of the molecule is COc1ccc(CCc2ncnn2C(C)(C)C)cc1OC. The minimum atomic E-state index is -0.0522. The first-order chi connectivity index (χ1) is 9.95. The first-order valence-corrected chi connectivity index (χ1v) is 7.06. The maximum Gasteiger partial charge on any atom is 0.160 e. The van der Waals surface area contributed by atoms with Gasteiger partial charge in [0.15, 0.2) is 11.5 Å². The monoisotopic (exact) mass is 289 g/mol. The van der Waals surface area contributed by atoms with Gasteiger partial charge in [0.25, 0.3) is 0 Å². The van der Waals surface area contributed by atoms with Gasteiger partial charge in [-0.3, -0.25) is 0 Å². The summed E-state index contributed by atoms with van der Waals surface area (Å²) in [5.41, 5.74) is 1.14. The molecule has 0 fully saturated rings. The van der Waals surface area contributed by atoms with Crippen molar-refractivity contribution < 1.29 is 9.47 Å². The lowest BCUT2D eigenvalue weighted by molar-refractivity contribution is 0.341. The smallest absolute Gasteiger partial charge is 0.160 e. The summed E-state index contributed by atoms with van der Waals surface area (Å²) in [5, 5.41) is 4.32. The molecule has 0 radical (unpaired) electrons. The van der Waals surface area contributed by atoms with Gasteiger partial charge in [-0.05, 0) is 44.9 Å². The van der Waals surface area contributed by atoms with Gasteiger partial charge in [-0.25, -0.2) is 9.67 Å². The molecule has 0 bridgehead atoms. The Morgan fingerprint density at radius 2 is 1.76 bits per heavy atom. The van der Waals surface area contributed by atoms with Gasteiger partial charge in [0, 0.05) is 6.42 Å². The van der Waals surface area contributed by atoms with Gasteiger partial charge >= 0.3 is 0 Å². The Balaban J connectivity index is 2.12. The third-order valence-electron chi connectivity index (χ3n) is 3.34. The highest BCUT2D eigenvalue weighted by atomic mass is 16.5. The highest BCUT2D eigenvalue weighted by Gasteiger charge is 2.18. The van der Waals surface area contributed by atoms with Crippen LogP contribution in [0.15, 0.2) is 24.5 Å². The summed E-state index contributed by atoms with van der Waals surface area (Å²) < 4.78 is 12.6. The van der Waals surface area contributed by atoms with Crippen molar-refractivity contribution in [2.24, 2.45) is 0 Å². The van der Waals surface area contributed by atoms with E-state index in [1.54, 1.807) is 20.5 Å². The van der Waals surface area contributed by atoms with Gasteiger partial charge in [0.1, 0.15) is 12.2 Å². The molecule has 0 saturated carbocycles. The number of aromatic nitrogens is 3. The van der Waals surface area contributed by atoms with Crippen molar-refractivity contribution in [2.75, 3.05) is 14.2 Å². The number of aryl methyl sites for hydroxylation is 2. The Kier molecular flexibility index (Phi) is 4.50. The summed E-state index contributed by atoms with van der Waals surface area (Å²) in [6.45, 7) is 6.38. The number of hydrogen-bond acceptors (Lipinski definition) is 4.